The lowest BCUT2D eigenvalue weighted by atomic mass is 9.93. The molecule has 7 heteroatoms. The number of hydroxylamine groups is 1. The summed E-state index contributed by atoms with van der Waals surface area (Å²) in [6.07, 6.45) is 5.20. The average Bonchev–Trinajstić information content (AvgIpc) is 2.95. The molecule has 2 amide bonds. The molecule has 0 aromatic heterocycles. The summed E-state index contributed by atoms with van der Waals surface area (Å²) >= 11 is 0. The van der Waals surface area contributed by atoms with Gasteiger partial charge in [-0.1, -0.05) is 66.7 Å². The summed E-state index contributed by atoms with van der Waals surface area (Å²) in [6, 6.07) is 25.8. The zero-order valence-corrected chi connectivity index (χ0v) is 20.7. The fourth-order valence-electron chi connectivity index (χ4n) is 5.12. The molecule has 5 rings (SSSR count). The van der Waals surface area contributed by atoms with Crippen LogP contribution < -0.4 is 10.2 Å². The first-order chi connectivity index (χ1) is 18.1. The van der Waals surface area contributed by atoms with Gasteiger partial charge in [0, 0.05) is 45.1 Å². The van der Waals surface area contributed by atoms with E-state index in [1.54, 1.807) is 23.7 Å². The zero-order chi connectivity index (χ0) is 25.7. The number of benzene rings is 3. The molecule has 0 unspecified atom stereocenters. The molecular formula is C30H31N3O4. The predicted molar refractivity (Wildman–Crippen MR) is 141 cm³/mol. The van der Waals surface area contributed by atoms with Gasteiger partial charge in [0.1, 0.15) is 5.75 Å². The molecule has 37 heavy (non-hydrogen) atoms. The van der Waals surface area contributed by atoms with E-state index in [9.17, 15) is 9.59 Å². The molecule has 2 N–H and O–H groups in total. The van der Waals surface area contributed by atoms with Crippen molar-refractivity contribution in [2.45, 2.75) is 31.5 Å². The van der Waals surface area contributed by atoms with E-state index in [1.165, 1.54) is 11.6 Å². The van der Waals surface area contributed by atoms with E-state index in [0.717, 1.165) is 44.5 Å². The van der Waals surface area contributed by atoms with Crippen molar-refractivity contribution in [3.05, 3.63) is 107 Å². The second kappa shape index (κ2) is 11.0. The van der Waals surface area contributed by atoms with Gasteiger partial charge in [-0.05, 0) is 41.3 Å². The fraction of sp³-hybridized carbons (Fsp3) is 0.267. The second-order valence-corrected chi connectivity index (χ2v) is 9.57. The van der Waals surface area contributed by atoms with Crippen molar-refractivity contribution in [3.63, 3.8) is 0 Å². The topological polar surface area (TPSA) is 82.1 Å². The number of piperidine rings is 1. The lowest BCUT2D eigenvalue weighted by Crippen LogP contribution is -2.62. The molecule has 0 saturated carbocycles. The third-order valence-electron chi connectivity index (χ3n) is 7.19. The van der Waals surface area contributed by atoms with Gasteiger partial charge in [0.15, 0.2) is 5.72 Å². The van der Waals surface area contributed by atoms with Crippen molar-refractivity contribution in [2.24, 2.45) is 0 Å². The van der Waals surface area contributed by atoms with Crippen molar-refractivity contribution in [3.8, 4) is 5.75 Å². The van der Waals surface area contributed by atoms with Gasteiger partial charge in [-0.25, -0.2) is 5.48 Å². The highest BCUT2D eigenvalue weighted by atomic mass is 16.5. The minimum Gasteiger partial charge on any atom is -0.467 e. The van der Waals surface area contributed by atoms with Crippen molar-refractivity contribution in [2.75, 3.05) is 19.6 Å². The quantitative estimate of drug-likeness (QED) is 0.289. The van der Waals surface area contributed by atoms with Crippen LogP contribution in [0.25, 0.3) is 6.08 Å². The molecule has 0 aliphatic carbocycles. The third-order valence-corrected chi connectivity index (χ3v) is 7.19. The van der Waals surface area contributed by atoms with Crippen LogP contribution in [0.2, 0.25) is 0 Å². The molecule has 2 aliphatic rings. The second-order valence-electron chi connectivity index (χ2n) is 9.57. The van der Waals surface area contributed by atoms with E-state index in [-0.39, 0.29) is 5.91 Å². The molecule has 1 saturated heterocycles. The monoisotopic (exact) mass is 497 g/mol. The Hall–Kier alpha value is -3.94. The van der Waals surface area contributed by atoms with Crippen LogP contribution in [0.5, 0.6) is 5.75 Å². The Balaban J connectivity index is 1.38. The molecule has 0 radical (unpaired) electrons. The Labute approximate surface area is 216 Å². The van der Waals surface area contributed by atoms with Gasteiger partial charge >= 0.3 is 0 Å². The lowest BCUT2D eigenvalue weighted by Gasteiger charge is -2.51. The third kappa shape index (κ3) is 5.58. The van der Waals surface area contributed by atoms with Crippen molar-refractivity contribution < 1.29 is 19.5 Å². The molecule has 1 spiro atoms. The Morgan fingerprint density at radius 2 is 1.65 bits per heavy atom. The SMILES string of the molecule is O=C(/C=C/c1ccc2c(c1)C(=O)N(Cc1ccccc1)C1(CCN(CCc3ccccc3)CC1)O2)NO. The first kappa shape index (κ1) is 24.7. The van der Waals surface area contributed by atoms with E-state index in [2.05, 4.69) is 29.2 Å². The molecule has 2 heterocycles. The van der Waals surface area contributed by atoms with E-state index in [4.69, 9.17) is 9.94 Å². The van der Waals surface area contributed by atoms with Crippen molar-refractivity contribution in [1.82, 2.24) is 15.3 Å². The van der Waals surface area contributed by atoms with Crippen LogP contribution in [0.4, 0.5) is 0 Å². The number of carbonyl (C=O) groups is 2. The average molecular weight is 498 g/mol. The fourth-order valence-corrected chi connectivity index (χ4v) is 5.12. The van der Waals surface area contributed by atoms with Gasteiger partial charge in [-0.3, -0.25) is 19.7 Å². The highest BCUT2D eigenvalue weighted by molar-refractivity contribution is 5.99. The van der Waals surface area contributed by atoms with Crippen LogP contribution in [0.3, 0.4) is 0 Å². The number of hydrogen-bond acceptors (Lipinski definition) is 5. The molecule has 0 atom stereocenters. The molecule has 3 aromatic carbocycles. The number of likely N-dealkylation sites (tertiary alicyclic amines) is 1. The van der Waals surface area contributed by atoms with Gasteiger partial charge < -0.3 is 9.64 Å². The Morgan fingerprint density at radius 3 is 2.32 bits per heavy atom. The van der Waals surface area contributed by atoms with Crippen LogP contribution >= 0.6 is 0 Å². The smallest absolute Gasteiger partial charge is 0.267 e. The summed E-state index contributed by atoms with van der Waals surface area (Å²) in [5.74, 6) is -0.149. The van der Waals surface area contributed by atoms with Crippen LogP contribution in [0, 0.1) is 0 Å². The molecule has 2 aliphatic heterocycles. The van der Waals surface area contributed by atoms with Crippen molar-refractivity contribution in [1.29, 1.82) is 0 Å². The number of carbonyl (C=O) groups excluding carboxylic acids is 2. The Morgan fingerprint density at radius 1 is 0.973 bits per heavy atom. The van der Waals surface area contributed by atoms with E-state index < -0.39 is 11.6 Å². The number of rotatable bonds is 7. The number of ether oxygens (including phenoxy) is 1. The van der Waals surface area contributed by atoms with E-state index >= 15 is 0 Å². The highest BCUT2D eigenvalue weighted by Crippen LogP contribution is 2.41. The first-order valence-corrected chi connectivity index (χ1v) is 12.6. The Bertz CT molecular complexity index is 1270. The van der Waals surface area contributed by atoms with E-state index in [0.29, 0.717) is 23.4 Å². The first-order valence-electron chi connectivity index (χ1n) is 12.6. The molecule has 7 nitrogen and oxygen atoms in total. The number of nitrogens with zero attached hydrogens (tertiary/aromatic N) is 2. The largest absolute Gasteiger partial charge is 0.467 e. The Kier molecular flexibility index (Phi) is 7.35. The maximum absolute atomic E-state index is 13.9. The lowest BCUT2D eigenvalue weighted by molar-refractivity contribution is -0.124. The maximum atomic E-state index is 13.9. The predicted octanol–water partition coefficient (Wildman–Crippen LogP) is 4.27. The summed E-state index contributed by atoms with van der Waals surface area (Å²) in [5.41, 5.74) is 4.38. The van der Waals surface area contributed by atoms with Gasteiger partial charge in [0.2, 0.25) is 0 Å². The summed E-state index contributed by atoms with van der Waals surface area (Å²) < 4.78 is 6.66. The van der Waals surface area contributed by atoms with Gasteiger partial charge in [0.25, 0.3) is 11.8 Å². The summed E-state index contributed by atoms with van der Waals surface area (Å²) in [7, 11) is 0. The van der Waals surface area contributed by atoms with Crippen LogP contribution in [-0.2, 0) is 17.8 Å². The van der Waals surface area contributed by atoms with Gasteiger partial charge in [0.05, 0.1) is 5.56 Å². The van der Waals surface area contributed by atoms with Crippen LogP contribution in [0.15, 0.2) is 84.9 Å². The summed E-state index contributed by atoms with van der Waals surface area (Å²) in [6.45, 7) is 3.12. The van der Waals surface area contributed by atoms with Gasteiger partial charge in [-0.2, -0.15) is 0 Å². The molecule has 3 aromatic rings. The highest BCUT2D eigenvalue weighted by Gasteiger charge is 2.48. The minimum absolute atomic E-state index is 0.0790. The van der Waals surface area contributed by atoms with Crippen LogP contribution in [0.1, 0.15) is 39.9 Å². The zero-order valence-electron chi connectivity index (χ0n) is 20.7. The minimum atomic E-state index is -0.711. The standard InChI is InChI=1S/C30H31N3O4/c34-28(31-36)14-12-24-11-13-27-26(21-24)29(35)33(22-25-9-5-2-6-10-25)30(37-27)16-19-32(20-17-30)18-15-23-7-3-1-4-8-23/h1-14,21,36H,15-20,22H2,(H,31,34)/b14-12+. The number of nitrogens with one attached hydrogen (secondary N) is 1. The number of hydrogen-bond donors (Lipinski definition) is 2. The van der Waals surface area contributed by atoms with Crippen LogP contribution in [-0.4, -0.2) is 52.2 Å². The summed E-state index contributed by atoms with van der Waals surface area (Å²) in [4.78, 5) is 29.6. The summed E-state index contributed by atoms with van der Waals surface area (Å²) in [5, 5.41) is 8.74. The normalized spacial score (nSPS) is 17.0. The van der Waals surface area contributed by atoms with Crippen molar-refractivity contribution >= 4 is 17.9 Å². The van der Waals surface area contributed by atoms with E-state index in [1.807, 2.05) is 47.4 Å². The van der Waals surface area contributed by atoms with Gasteiger partial charge in [-0.15, -0.1) is 0 Å². The molecular weight excluding hydrogens is 466 g/mol. The number of fused-ring (bicyclic) bond motifs is 1. The number of amides is 2. The molecule has 0 bridgehead atoms. The molecule has 190 valence electrons. The molecule has 1 fully saturated rings. The maximum Gasteiger partial charge on any atom is 0.267 e.